The summed E-state index contributed by atoms with van der Waals surface area (Å²) in [6.45, 7) is 5.45. The summed E-state index contributed by atoms with van der Waals surface area (Å²) in [5, 5.41) is 18.1. The number of carbonyl (C=O) groups is 2. The number of thiazole rings is 1. The molecule has 2 heterocycles. The Bertz CT molecular complexity index is 1230. The monoisotopic (exact) mass is 469 g/mol. The molecule has 0 spiro atoms. The number of hydrogen-bond donors (Lipinski definition) is 3. The van der Waals surface area contributed by atoms with Crippen LogP contribution in [0.25, 0.3) is 11.8 Å². The van der Waals surface area contributed by atoms with Crippen molar-refractivity contribution in [3.05, 3.63) is 43.8 Å². The minimum absolute atomic E-state index is 0.0295. The van der Waals surface area contributed by atoms with E-state index in [2.05, 4.69) is 16.0 Å². The fourth-order valence-corrected chi connectivity index (χ4v) is 4.56. The molecule has 0 saturated carbocycles. The molecule has 174 valence electrons. The lowest BCUT2D eigenvalue weighted by atomic mass is 9.99. The van der Waals surface area contributed by atoms with Gasteiger partial charge in [-0.3, -0.25) is 19.0 Å². The Hall–Kier alpha value is -3.42. The highest BCUT2D eigenvalue weighted by atomic mass is 32.1. The third-order valence-corrected chi connectivity index (χ3v) is 6.34. The summed E-state index contributed by atoms with van der Waals surface area (Å²) in [6, 6.07) is 9.12. The Balaban J connectivity index is 1.85. The van der Waals surface area contributed by atoms with Gasteiger partial charge in [0.15, 0.2) is 5.57 Å². The van der Waals surface area contributed by atoms with E-state index < -0.39 is 5.91 Å². The normalized spacial score (nSPS) is 15.5. The number of nitrogens with zero attached hydrogens (tertiary/aromatic N) is 2. The zero-order valence-electron chi connectivity index (χ0n) is 18.6. The second kappa shape index (κ2) is 11.4. The van der Waals surface area contributed by atoms with Gasteiger partial charge in [0.25, 0.3) is 11.5 Å². The Morgan fingerprint density at radius 1 is 1.27 bits per heavy atom. The van der Waals surface area contributed by atoms with Crippen LogP contribution in [-0.4, -0.2) is 36.1 Å². The average molecular weight is 470 g/mol. The number of ether oxygens (including phenoxy) is 1. The quantitative estimate of drug-likeness (QED) is 0.555. The first-order valence-electron chi connectivity index (χ1n) is 10.9. The Kier molecular flexibility index (Phi) is 8.40. The van der Waals surface area contributed by atoms with Gasteiger partial charge >= 0.3 is 0 Å². The zero-order valence-corrected chi connectivity index (χ0v) is 19.5. The molecule has 2 aromatic rings. The van der Waals surface area contributed by atoms with Gasteiger partial charge in [0.1, 0.15) is 15.3 Å². The molecule has 1 fully saturated rings. The molecular weight excluding hydrogens is 442 g/mol. The summed E-state index contributed by atoms with van der Waals surface area (Å²) in [6.07, 6.45) is 2.97. The first-order chi connectivity index (χ1) is 16.0. The summed E-state index contributed by atoms with van der Waals surface area (Å²) in [5.41, 5.74) is 0.966. The van der Waals surface area contributed by atoms with Gasteiger partial charge in [-0.15, -0.1) is 11.3 Å². The maximum absolute atomic E-state index is 12.8. The van der Waals surface area contributed by atoms with Gasteiger partial charge < -0.3 is 20.7 Å². The molecule has 0 atom stereocenters. The predicted octanol–water partition coefficient (Wildman–Crippen LogP) is 0.955. The van der Waals surface area contributed by atoms with Gasteiger partial charge in [-0.2, -0.15) is 5.26 Å². The Labute approximate surface area is 195 Å². The van der Waals surface area contributed by atoms with Crippen molar-refractivity contribution in [2.75, 3.05) is 30.4 Å². The standard InChI is InChI=1S/C23H27N5O4S/c1-3-25-21(30)18(13-24)23-28(4-2)22(31)19(33-23)14-26-16-6-5-7-17(12-16)27-20(29)15-8-10-32-11-9-15/h5-7,12,14-15,26H,3-4,8-11H2,1-2H3,(H,25,30)(H,27,29). The van der Waals surface area contributed by atoms with Crippen LogP contribution in [0.4, 0.5) is 11.4 Å². The number of anilines is 2. The lowest BCUT2D eigenvalue weighted by molar-refractivity contribution is -0.122. The van der Waals surface area contributed by atoms with Crippen molar-refractivity contribution in [2.45, 2.75) is 33.2 Å². The zero-order chi connectivity index (χ0) is 23.8. The number of rotatable bonds is 7. The molecule has 10 heteroatoms. The molecule has 33 heavy (non-hydrogen) atoms. The summed E-state index contributed by atoms with van der Waals surface area (Å²) >= 11 is 1.08. The first-order valence-corrected chi connectivity index (χ1v) is 11.7. The molecule has 1 aromatic heterocycles. The maximum atomic E-state index is 12.8. The molecule has 0 unspecified atom stereocenters. The number of nitrogens with one attached hydrogen (secondary N) is 3. The van der Waals surface area contributed by atoms with Crippen LogP contribution in [0.3, 0.4) is 0 Å². The highest BCUT2D eigenvalue weighted by Crippen LogP contribution is 2.19. The SMILES string of the molecule is CCNC(=O)C(C#N)=c1sc(=CNc2cccc(NC(=O)C3CCOCC3)c2)c(=O)n1CC. The van der Waals surface area contributed by atoms with Crippen LogP contribution >= 0.6 is 11.3 Å². The van der Waals surface area contributed by atoms with Crippen molar-refractivity contribution in [3.63, 3.8) is 0 Å². The number of benzene rings is 1. The van der Waals surface area contributed by atoms with Crippen LogP contribution < -0.4 is 30.7 Å². The fourth-order valence-electron chi connectivity index (χ4n) is 3.48. The van der Waals surface area contributed by atoms with Crippen molar-refractivity contribution in [1.82, 2.24) is 9.88 Å². The molecule has 9 nitrogen and oxygen atoms in total. The van der Waals surface area contributed by atoms with Gasteiger partial charge in [0.2, 0.25) is 5.91 Å². The minimum Gasteiger partial charge on any atom is -0.381 e. The van der Waals surface area contributed by atoms with Crippen molar-refractivity contribution < 1.29 is 14.3 Å². The molecule has 0 radical (unpaired) electrons. The van der Waals surface area contributed by atoms with E-state index in [9.17, 15) is 19.6 Å². The van der Waals surface area contributed by atoms with Crippen molar-refractivity contribution >= 4 is 46.3 Å². The van der Waals surface area contributed by atoms with Crippen molar-refractivity contribution in [1.29, 1.82) is 5.26 Å². The van der Waals surface area contributed by atoms with Crippen LogP contribution in [0.5, 0.6) is 0 Å². The fraction of sp³-hybridized carbons (Fsp3) is 0.391. The van der Waals surface area contributed by atoms with E-state index in [1.54, 1.807) is 38.2 Å². The van der Waals surface area contributed by atoms with Gasteiger partial charge in [0.05, 0.1) is 0 Å². The molecule has 1 saturated heterocycles. The van der Waals surface area contributed by atoms with Gasteiger partial charge in [-0.1, -0.05) is 6.07 Å². The summed E-state index contributed by atoms with van der Waals surface area (Å²) in [7, 11) is 0. The number of hydrogen-bond acceptors (Lipinski definition) is 7. The third kappa shape index (κ3) is 5.88. The molecule has 3 N–H and O–H groups in total. The smallest absolute Gasteiger partial charge is 0.270 e. The first kappa shape index (κ1) is 24.2. The van der Waals surface area contributed by atoms with Crippen LogP contribution in [-0.2, 0) is 20.9 Å². The van der Waals surface area contributed by atoms with E-state index in [0.29, 0.717) is 59.7 Å². The molecular formula is C23H27N5O4S. The number of nitriles is 1. The van der Waals surface area contributed by atoms with Crippen molar-refractivity contribution in [2.24, 2.45) is 5.92 Å². The number of amides is 2. The van der Waals surface area contributed by atoms with Crippen LogP contribution in [0.1, 0.15) is 26.7 Å². The molecule has 2 amide bonds. The summed E-state index contributed by atoms with van der Waals surface area (Å²) in [5.74, 6) is -0.594. The third-order valence-electron chi connectivity index (χ3n) is 5.21. The highest BCUT2D eigenvalue weighted by molar-refractivity contribution is 7.07. The van der Waals surface area contributed by atoms with E-state index >= 15 is 0 Å². The lowest BCUT2D eigenvalue weighted by Gasteiger charge is -2.21. The molecule has 0 aliphatic carbocycles. The van der Waals surface area contributed by atoms with Crippen LogP contribution in [0.15, 0.2) is 29.1 Å². The number of aromatic nitrogens is 1. The van der Waals surface area contributed by atoms with Gasteiger partial charge in [-0.05, 0) is 44.9 Å². The maximum Gasteiger partial charge on any atom is 0.270 e. The molecule has 1 aromatic carbocycles. The van der Waals surface area contributed by atoms with Gasteiger partial charge in [0, 0.05) is 49.8 Å². The summed E-state index contributed by atoms with van der Waals surface area (Å²) in [4.78, 5) is 37.5. The second-order valence-corrected chi connectivity index (χ2v) is 8.44. The predicted molar refractivity (Wildman–Crippen MR) is 128 cm³/mol. The minimum atomic E-state index is -0.504. The molecule has 3 rings (SSSR count). The Morgan fingerprint density at radius 2 is 2.00 bits per heavy atom. The highest BCUT2D eigenvalue weighted by Gasteiger charge is 2.21. The topological polar surface area (TPSA) is 125 Å². The second-order valence-electron chi connectivity index (χ2n) is 7.41. The summed E-state index contributed by atoms with van der Waals surface area (Å²) < 4.78 is 7.40. The van der Waals surface area contributed by atoms with Gasteiger partial charge in [-0.25, -0.2) is 0 Å². The van der Waals surface area contributed by atoms with E-state index in [0.717, 1.165) is 11.3 Å². The van der Waals surface area contributed by atoms with E-state index in [4.69, 9.17) is 4.74 Å². The Morgan fingerprint density at radius 3 is 2.67 bits per heavy atom. The van der Waals surface area contributed by atoms with Crippen LogP contribution in [0, 0.1) is 17.2 Å². The van der Waals surface area contributed by atoms with E-state index in [1.165, 1.54) is 4.57 Å². The average Bonchev–Trinajstić information content (AvgIpc) is 3.14. The number of carbonyl (C=O) groups excluding carboxylic acids is 2. The molecule has 0 bridgehead atoms. The molecule has 1 aliphatic heterocycles. The largest absolute Gasteiger partial charge is 0.381 e. The van der Waals surface area contributed by atoms with E-state index in [-0.39, 0.29) is 23.0 Å². The molecule has 1 aliphatic rings. The lowest BCUT2D eigenvalue weighted by Crippen LogP contribution is -2.34. The van der Waals surface area contributed by atoms with Crippen molar-refractivity contribution in [3.8, 4) is 6.07 Å². The van der Waals surface area contributed by atoms with E-state index in [1.807, 2.05) is 12.1 Å². The van der Waals surface area contributed by atoms with Crippen LogP contribution in [0.2, 0.25) is 0 Å².